The number of aromatic carboxylic acids is 1. The number of pyridine rings is 1. The van der Waals surface area contributed by atoms with E-state index >= 15 is 4.39 Å². The van der Waals surface area contributed by atoms with Gasteiger partial charge in [0.15, 0.2) is 0 Å². The average Bonchev–Trinajstić information content (AvgIpc) is 3.44. The number of carbonyl (C=O) groups is 1. The van der Waals surface area contributed by atoms with Crippen LogP contribution in [0.4, 0.5) is 10.1 Å². The van der Waals surface area contributed by atoms with E-state index in [4.69, 9.17) is 5.73 Å². The van der Waals surface area contributed by atoms with E-state index in [1.54, 1.807) is 16.8 Å². The number of aromatic nitrogens is 1. The zero-order chi connectivity index (χ0) is 22.5. The zero-order valence-corrected chi connectivity index (χ0v) is 18.3. The summed E-state index contributed by atoms with van der Waals surface area (Å²) in [6, 6.07) is 1.12. The number of fused-ring (bicyclic) bond motifs is 1. The van der Waals surface area contributed by atoms with Crippen molar-refractivity contribution in [1.82, 2.24) is 4.40 Å². The van der Waals surface area contributed by atoms with Crippen molar-refractivity contribution in [3.05, 3.63) is 50.6 Å². The Morgan fingerprint density at radius 3 is 2.75 bits per heavy atom. The second-order valence-corrected chi connectivity index (χ2v) is 9.73. The number of carboxylic acids is 1. The second kappa shape index (κ2) is 6.49. The van der Waals surface area contributed by atoms with Gasteiger partial charge in [0.05, 0.1) is 32.9 Å². The summed E-state index contributed by atoms with van der Waals surface area (Å²) in [5.74, 6) is -0.985. The highest BCUT2D eigenvalue weighted by Gasteiger charge is 2.42. The van der Waals surface area contributed by atoms with Gasteiger partial charge < -0.3 is 15.7 Å². The molecule has 1 saturated heterocycles. The van der Waals surface area contributed by atoms with Gasteiger partial charge in [0, 0.05) is 37.5 Å². The van der Waals surface area contributed by atoms with Gasteiger partial charge in [-0.25, -0.2) is 9.18 Å². The Balaban J connectivity index is 1.69. The molecule has 0 radical (unpaired) electrons. The highest BCUT2D eigenvalue weighted by Crippen LogP contribution is 2.42. The van der Waals surface area contributed by atoms with E-state index in [1.807, 2.05) is 11.0 Å². The molecule has 7 nitrogen and oxygen atoms in total. The minimum absolute atomic E-state index is 0.0674. The lowest BCUT2D eigenvalue weighted by molar-refractivity contribution is 0.0697. The van der Waals surface area contributed by atoms with Gasteiger partial charge in [-0.15, -0.1) is 11.3 Å². The fourth-order valence-corrected chi connectivity index (χ4v) is 6.85. The summed E-state index contributed by atoms with van der Waals surface area (Å²) in [7, 11) is 1.63. The fraction of sp³-hybridized carbons (Fsp3) is 0.348. The highest BCUT2D eigenvalue weighted by atomic mass is 32.1. The topological polar surface area (TPSA) is 100 Å². The standard InChI is InChI=1S/C23H21FN4O3S/c1-9-3-4-14(25)12-7-27(6-11(9)12)20-13(24)5-10-19-16(20)18(26-2)15-8-32-22(28(15)19)17(21(10)29)23(30)31/h3-5,8-9,11-12,14H,6-7,25H2,1-2H3,(H,30,31). The molecule has 1 aromatic carbocycles. The third kappa shape index (κ3) is 2.30. The fourth-order valence-electron chi connectivity index (χ4n) is 5.81. The monoisotopic (exact) mass is 452 g/mol. The molecule has 3 N–H and O–H groups in total. The van der Waals surface area contributed by atoms with Crippen LogP contribution in [0.2, 0.25) is 0 Å². The Morgan fingerprint density at radius 2 is 2.06 bits per heavy atom. The van der Waals surface area contributed by atoms with Crippen LogP contribution in [0, 0.1) is 23.6 Å². The molecule has 4 atom stereocenters. The molecule has 4 unspecified atom stereocenters. The van der Waals surface area contributed by atoms with Crippen molar-refractivity contribution in [1.29, 1.82) is 0 Å². The number of hydrogen-bond donors (Lipinski definition) is 2. The number of allylic oxidation sites excluding steroid dienone is 1. The Kier molecular flexibility index (Phi) is 3.98. The molecule has 0 amide bonds. The van der Waals surface area contributed by atoms with E-state index in [0.29, 0.717) is 57.2 Å². The molecule has 32 heavy (non-hydrogen) atoms. The van der Waals surface area contributed by atoms with Gasteiger partial charge >= 0.3 is 5.97 Å². The first-order valence-corrected chi connectivity index (χ1v) is 11.4. The number of nitrogens with zero attached hydrogens (tertiary/aromatic N) is 3. The summed E-state index contributed by atoms with van der Waals surface area (Å²) in [5, 5.41) is 12.7. The van der Waals surface area contributed by atoms with Crippen LogP contribution in [0.3, 0.4) is 0 Å². The van der Waals surface area contributed by atoms with Gasteiger partial charge in [-0.3, -0.25) is 14.2 Å². The number of thiazole rings is 1. The minimum Gasteiger partial charge on any atom is -0.477 e. The lowest BCUT2D eigenvalue weighted by Crippen LogP contribution is -2.38. The van der Waals surface area contributed by atoms with Gasteiger partial charge in [0.2, 0.25) is 5.43 Å². The molecule has 3 aromatic heterocycles. The molecule has 0 bridgehead atoms. The first-order valence-electron chi connectivity index (χ1n) is 10.6. The molecule has 0 saturated carbocycles. The van der Waals surface area contributed by atoms with E-state index in [-0.39, 0.29) is 22.9 Å². The summed E-state index contributed by atoms with van der Waals surface area (Å²) < 4.78 is 17.5. The lowest BCUT2D eigenvalue weighted by atomic mass is 9.77. The Morgan fingerprint density at radius 1 is 1.31 bits per heavy atom. The molecule has 1 fully saturated rings. The van der Waals surface area contributed by atoms with Gasteiger partial charge in [-0.05, 0) is 17.9 Å². The maximum Gasteiger partial charge on any atom is 0.342 e. The van der Waals surface area contributed by atoms with Crippen LogP contribution in [0.1, 0.15) is 17.3 Å². The van der Waals surface area contributed by atoms with E-state index in [1.165, 1.54) is 17.4 Å². The first kappa shape index (κ1) is 19.6. The number of nitrogens with two attached hydrogens (primary N) is 1. The van der Waals surface area contributed by atoms with Crippen LogP contribution < -0.4 is 21.4 Å². The maximum absolute atomic E-state index is 15.7. The van der Waals surface area contributed by atoms with Crippen molar-refractivity contribution in [2.24, 2.45) is 28.5 Å². The molecular formula is C23H21FN4O3S. The largest absolute Gasteiger partial charge is 0.477 e. The molecule has 4 aromatic rings. The average molecular weight is 453 g/mol. The summed E-state index contributed by atoms with van der Waals surface area (Å²) in [6.07, 6.45) is 4.18. The van der Waals surface area contributed by atoms with Crippen molar-refractivity contribution in [3.63, 3.8) is 0 Å². The molecular weight excluding hydrogens is 431 g/mol. The smallest absolute Gasteiger partial charge is 0.342 e. The number of halogens is 1. The predicted octanol–water partition coefficient (Wildman–Crippen LogP) is 2.50. The van der Waals surface area contributed by atoms with Gasteiger partial charge in [0.25, 0.3) is 0 Å². The number of hydrogen-bond acceptors (Lipinski definition) is 6. The second-order valence-electron chi connectivity index (χ2n) is 8.88. The molecule has 1 aliphatic carbocycles. The summed E-state index contributed by atoms with van der Waals surface area (Å²) in [4.78, 5) is 31.8. The van der Waals surface area contributed by atoms with Crippen LogP contribution in [0.25, 0.3) is 26.6 Å². The van der Waals surface area contributed by atoms with Crippen LogP contribution in [-0.2, 0) is 0 Å². The number of rotatable bonds is 2. The summed E-state index contributed by atoms with van der Waals surface area (Å²) in [5.41, 5.74) is 7.00. The van der Waals surface area contributed by atoms with E-state index in [9.17, 15) is 14.7 Å². The van der Waals surface area contributed by atoms with Crippen molar-refractivity contribution >= 4 is 49.6 Å². The van der Waals surface area contributed by atoms with E-state index < -0.39 is 17.2 Å². The first-order chi connectivity index (χ1) is 15.3. The molecule has 2 aliphatic rings. The Hall–Kier alpha value is -3.04. The summed E-state index contributed by atoms with van der Waals surface area (Å²) in [6.45, 7) is 3.44. The molecule has 1 aliphatic heterocycles. The van der Waals surface area contributed by atoms with Crippen LogP contribution >= 0.6 is 11.3 Å². The Bertz CT molecular complexity index is 1550. The van der Waals surface area contributed by atoms with Crippen LogP contribution in [0.5, 0.6) is 0 Å². The van der Waals surface area contributed by atoms with E-state index in [2.05, 4.69) is 18.0 Å². The van der Waals surface area contributed by atoms with Crippen molar-refractivity contribution < 1.29 is 14.3 Å². The normalized spacial score (nSPS) is 26.2. The SMILES string of the molecule is CN=c1c2c(N3CC4C(C)C=CC(N)C4C3)c(F)cc3c(=O)c(C(=O)O)c4scc1n4c32. The third-order valence-corrected chi connectivity index (χ3v) is 8.26. The highest BCUT2D eigenvalue weighted by molar-refractivity contribution is 7.16. The van der Waals surface area contributed by atoms with Crippen molar-refractivity contribution in [2.75, 3.05) is 25.0 Å². The molecule has 4 heterocycles. The van der Waals surface area contributed by atoms with Crippen molar-refractivity contribution in [3.8, 4) is 0 Å². The maximum atomic E-state index is 15.7. The summed E-state index contributed by atoms with van der Waals surface area (Å²) >= 11 is 1.19. The molecule has 9 heteroatoms. The zero-order valence-electron chi connectivity index (χ0n) is 17.5. The van der Waals surface area contributed by atoms with Gasteiger partial charge in [-0.1, -0.05) is 19.1 Å². The van der Waals surface area contributed by atoms with Crippen LogP contribution in [0.15, 0.2) is 33.4 Å². The van der Waals surface area contributed by atoms with Crippen molar-refractivity contribution in [2.45, 2.75) is 13.0 Å². The molecule has 6 rings (SSSR count). The lowest BCUT2D eigenvalue weighted by Gasteiger charge is -2.30. The van der Waals surface area contributed by atoms with Gasteiger partial charge in [-0.2, -0.15) is 0 Å². The number of carboxylic acid groups (broad SMARTS) is 1. The number of anilines is 1. The predicted molar refractivity (Wildman–Crippen MR) is 123 cm³/mol. The molecule has 164 valence electrons. The van der Waals surface area contributed by atoms with Crippen LogP contribution in [-0.4, -0.2) is 41.7 Å². The molecule has 0 spiro atoms. The Labute approximate surface area is 185 Å². The van der Waals surface area contributed by atoms with Gasteiger partial charge in [0.1, 0.15) is 16.2 Å². The third-order valence-electron chi connectivity index (χ3n) is 7.31. The minimum atomic E-state index is -1.31. The van der Waals surface area contributed by atoms with E-state index in [0.717, 1.165) is 0 Å². The number of benzene rings is 1. The quantitative estimate of drug-likeness (QED) is 0.455.